The quantitative estimate of drug-likeness (QED) is 0.510. The highest BCUT2D eigenvalue weighted by Crippen LogP contribution is 2.16. The molecule has 0 spiro atoms. The lowest BCUT2D eigenvalue weighted by Crippen LogP contribution is -2.35. The van der Waals surface area contributed by atoms with Gasteiger partial charge in [0.1, 0.15) is 0 Å². The molecule has 6 N–H and O–H groups in total. The van der Waals surface area contributed by atoms with Crippen molar-refractivity contribution in [2.45, 2.75) is 45.8 Å². The molecule has 0 aliphatic carbocycles. The molecule has 20 heavy (non-hydrogen) atoms. The number of hydrogen-bond acceptors (Lipinski definition) is 6. The standard InChI is InChI=1S/C7H12O3.C3H7NO2.CH4N2O/c1-2-3-4-5-6-9-7(8)10-6;1-2-6-3(4)5;2-1(3)4/h6H,2-5H2,1H3;2H2,1H3,(H2,4,5);(H4,2,3,4). The van der Waals surface area contributed by atoms with Crippen LogP contribution in [0.1, 0.15) is 39.5 Å². The molecular weight excluding hydrogens is 270 g/mol. The summed E-state index contributed by atoms with van der Waals surface area (Å²) in [7, 11) is 0. The van der Waals surface area contributed by atoms with E-state index in [1.807, 2.05) is 0 Å². The van der Waals surface area contributed by atoms with E-state index < -0.39 is 18.3 Å². The summed E-state index contributed by atoms with van der Waals surface area (Å²) < 4.78 is 13.4. The highest BCUT2D eigenvalue weighted by Gasteiger charge is 2.28. The second-order valence-corrected chi connectivity index (χ2v) is 3.57. The Morgan fingerprint density at radius 2 is 1.65 bits per heavy atom. The third kappa shape index (κ3) is 18.2. The van der Waals surface area contributed by atoms with Crippen molar-refractivity contribution in [2.24, 2.45) is 17.2 Å². The zero-order chi connectivity index (χ0) is 16.0. The SMILES string of the molecule is CCCCCC1OC(=O)O1.CCOC(N)=O.NC(N)=O. The number of ether oxygens (including phenoxy) is 3. The van der Waals surface area contributed by atoms with Gasteiger partial charge in [0.05, 0.1) is 6.61 Å². The molecule has 0 aromatic rings. The van der Waals surface area contributed by atoms with E-state index in [1.54, 1.807) is 6.92 Å². The van der Waals surface area contributed by atoms with Crippen LogP contribution in [0.5, 0.6) is 0 Å². The summed E-state index contributed by atoms with van der Waals surface area (Å²) in [6.07, 6.45) is 2.81. The summed E-state index contributed by atoms with van der Waals surface area (Å²) in [5, 5.41) is 0. The zero-order valence-corrected chi connectivity index (χ0v) is 11.8. The van der Waals surface area contributed by atoms with E-state index in [0.29, 0.717) is 6.61 Å². The average Bonchev–Trinajstić information content (AvgIpc) is 2.26. The second kappa shape index (κ2) is 13.2. The van der Waals surface area contributed by atoms with Crippen molar-refractivity contribution in [1.82, 2.24) is 0 Å². The number of unbranched alkanes of at least 4 members (excludes halogenated alkanes) is 2. The highest BCUT2D eigenvalue weighted by atomic mass is 16.9. The van der Waals surface area contributed by atoms with Crippen LogP contribution in [-0.2, 0) is 14.2 Å². The van der Waals surface area contributed by atoms with Crippen molar-refractivity contribution < 1.29 is 28.6 Å². The van der Waals surface area contributed by atoms with Gasteiger partial charge in [-0.1, -0.05) is 19.8 Å². The number of primary amides is 3. The number of rotatable bonds is 5. The minimum Gasteiger partial charge on any atom is -0.450 e. The summed E-state index contributed by atoms with van der Waals surface area (Å²) >= 11 is 0. The Hall–Kier alpha value is -2.19. The molecule has 9 nitrogen and oxygen atoms in total. The van der Waals surface area contributed by atoms with Gasteiger partial charge in [0, 0.05) is 6.42 Å². The zero-order valence-electron chi connectivity index (χ0n) is 11.8. The molecule has 1 heterocycles. The highest BCUT2D eigenvalue weighted by molar-refractivity contribution is 5.69. The number of hydrogen-bond donors (Lipinski definition) is 3. The molecule has 0 bridgehead atoms. The first-order chi connectivity index (χ1) is 9.33. The number of nitrogens with two attached hydrogens (primary N) is 3. The number of cyclic esters (lactones) is 2. The van der Waals surface area contributed by atoms with Gasteiger partial charge in [0.25, 0.3) is 6.29 Å². The van der Waals surface area contributed by atoms with Crippen molar-refractivity contribution in [3.8, 4) is 0 Å². The molecule has 0 aromatic heterocycles. The Morgan fingerprint density at radius 1 is 1.15 bits per heavy atom. The minimum atomic E-state index is -0.833. The molecule has 0 radical (unpaired) electrons. The first kappa shape index (κ1) is 20.1. The molecule has 0 unspecified atom stereocenters. The van der Waals surface area contributed by atoms with Gasteiger partial charge in [-0.2, -0.15) is 0 Å². The Bertz CT molecular complexity index is 286. The molecule has 0 aromatic carbocycles. The average molecular weight is 293 g/mol. The lowest BCUT2D eigenvalue weighted by atomic mass is 10.2. The third-order valence-corrected chi connectivity index (χ3v) is 1.79. The van der Waals surface area contributed by atoms with Gasteiger partial charge in [-0.15, -0.1) is 0 Å². The monoisotopic (exact) mass is 293 g/mol. The normalized spacial score (nSPS) is 12.2. The molecule has 0 saturated carbocycles. The van der Waals surface area contributed by atoms with Crippen LogP contribution in [0.15, 0.2) is 0 Å². The van der Waals surface area contributed by atoms with Crippen LogP contribution in [0.4, 0.5) is 14.4 Å². The molecule has 1 aliphatic heterocycles. The molecule has 1 fully saturated rings. The van der Waals surface area contributed by atoms with Crippen LogP contribution in [0.2, 0.25) is 0 Å². The van der Waals surface area contributed by atoms with E-state index in [2.05, 4.69) is 38.3 Å². The Labute approximate surface area is 117 Å². The Kier molecular flexibility index (Phi) is 13.3. The van der Waals surface area contributed by atoms with Gasteiger partial charge in [-0.3, -0.25) is 0 Å². The van der Waals surface area contributed by atoms with Gasteiger partial charge in [-0.05, 0) is 13.3 Å². The molecule has 118 valence electrons. The summed E-state index contributed by atoms with van der Waals surface area (Å²) in [6, 6.07) is -0.833. The minimum absolute atomic E-state index is 0.237. The predicted octanol–water partition coefficient (Wildman–Crippen LogP) is 1.18. The molecule has 9 heteroatoms. The van der Waals surface area contributed by atoms with E-state index in [9.17, 15) is 9.59 Å². The largest absolute Gasteiger partial charge is 0.514 e. The third-order valence-electron chi connectivity index (χ3n) is 1.79. The fraction of sp³-hybridized carbons (Fsp3) is 0.727. The van der Waals surface area contributed by atoms with Gasteiger partial charge >= 0.3 is 18.3 Å². The van der Waals surface area contributed by atoms with E-state index in [4.69, 9.17) is 4.79 Å². The van der Waals surface area contributed by atoms with Crippen LogP contribution < -0.4 is 17.2 Å². The maximum Gasteiger partial charge on any atom is 0.514 e. The van der Waals surface area contributed by atoms with Crippen molar-refractivity contribution in [2.75, 3.05) is 6.61 Å². The van der Waals surface area contributed by atoms with E-state index >= 15 is 0 Å². The maximum absolute atomic E-state index is 10.1. The van der Waals surface area contributed by atoms with Crippen molar-refractivity contribution in [3.63, 3.8) is 0 Å². The van der Waals surface area contributed by atoms with Crippen molar-refractivity contribution >= 4 is 18.3 Å². The van der Waals surface area contributed by atoms with Gasteiger partial charge in [0.2, 0.25) is 0 Å². The van der Waals surface area contributed by atoms with Crippen molar-refractivity contribution in [1.29, 1.82) is 0 Å². The molecule has 1 aliphatic rings. The molecule has 1 saturated heterocycles. The lowest BCUT2D eigenvalue weighted by Gasteiger charge is -2.25. The van der Waals surface area contributed by atoms with E-state index in [-0.39, 0.29) is 6.29 Å². The first-order valence-corrected chi connectivity index (χ1v) is 6.17. The summed E-state index contributed by atoms with van der Waals surface area (Å²) in [6.45, 7) is 4.19. The second-order valence-electron chi connectivity index (χ2n) is 3.57. The molecule has 0 atom stereocenters. The number of carbonyl (C=O) groups excluding carboxylic acids is 3. The van der Waals surface area contributed by atoms with Crippen molar-refractivity contribution in [3.05, 3.63) is 0 Å². The van der Waals surface area contributed by atoms with Crippen LogP contribution in [0, 0.1) is 0 Å². The summed E-state index contributed by atoms with van der Waals surface area (Å²) in [4.78, 5) is 28.7. The molecular formula is C11H23N3O6. The summed E-state index contributed by atoms with van der Waals surface area (Å²) in [5.41, 5.74) is 13.0. The van der Waals surface area contributed by atoms with Crippen LogP contribution >= 0.6 is 0 Å². The Balaban J connectivity index is 0. The topological polar surface area (TPSA) is 157 Å². The first-order valence-electron chi connectivity index (χ1n) is 6.17. The fourth-order valence-electron chi connectivity index (χ4n) is 1.04. The fourth-order valence-corrected chi connectivity index (χ4v) is 1.04. The number of carbonyl (C=O) groups is 3. The molecule has 1 rings (SSSR count). The molecule has 3 amide bonds. The predicted molar refractivity (Wildman–Crippen MR) is 70.5 cm³/mol. The van der Waals surface area contributed by atoms with Gasteiger partial charge < -0.3 is 31.4 Å². The Morgan fingerprint density at radius 3 is 1.90 bits per heavy atom. The number of amides is 3. The number of urea groups is 1. The maximum atomic E-state index is 10.1. The van der Waals surface area contributed by atoms with Gasteiger partial charge in [-0.25, -0.2) is 14.4 Å². The van der Waals surface area contributed by atoms with Crippen LogP contribution in [0.3, 0.4) is 0 Å². The smallest absolute Gasteiger partial charge is 0.450 e. The summed E-state index contributed by atoms with van der Waals surface area (Å²) in [5.74, 6) is 0. The van der Waals surface area contributed by atoms with E-state index in [1.165, 1.54) is 12.8 Å². The lowest BCUT2D eigenvalue weighted by molar-refractivity contribution is -0.185. The van der Waals surface area contributed by atoms with Crippen LogP contribution in [0.25, 0.3) is 0 Å². The van der Waals surface area contributed by atoms with Gasteiger partial charge in [0.15, 0.2) is 0 Å². The van der Waals surface area contributed by atoms with E-state index in [0.717, 1.165) is 12.8 Å². The van der Waals surface area contributed by atoms with Crippen LogP contribution in [-0.4, -0.2) is 31.2 Å².